The lowest BCUT2D eigenvalue weighted by Crippen LogP contribution is -2.51. The van der Waals surface area contributed by atoms with Crippen molar-refractivity contribution in [3.8, 4) is 0 Å². The SMILES string of the molecule is CCC1(CC)C(O)CC1c1ccccc1F. The maximum atomic E-state index is 13.7. The van der Waals surface area contributed by atoms with Crippen LogP contribution < -0.4 is 0 Å². The highest BCUT2D eigenvalue weighted by Crippen LogP contribution is 2.57. The van der Waals surface area contributed by atoms with E-state index in [1.165, 1.54) is 6.07 Å². The predicted molar refractivity (Wildman–Crippen MR) is 62.8 cm³/mol. The zero-order chi connectivity index (χ0) is 11.8. The second kappa shape index (κ2) is 4.17. The van der Waals surface area contributed by atoms with E-state index in [2.05, 4.69) is 13.8 Å². The molecule has 1 aromatic carbocycles. The fraction of sp³-hybridized carbons (Fsp3) is 0.571. The number of hydrogen-bond donors (Lipinski definition) is 1. The molecule has 1 saturated carbocycles. The molecule has 0 aromatic heterocycles. The van der Waals surface area contributed by atoms with Crippen LogP contribution in [0.3, 0.4) is 0 Å². The standard InChI is InChI=1S/C14H19FO/c1-3-14(4-2)11(9-13(14)16)10-7-5-6-8-12(10)15/h5-8,11,13,16H,3-4,9H2,1-2H3. The average Bonchev–Trinajstić information content (AvgIpc) is 2.29. The minimum absolute atomic E-state index is 0.109. The Balaban J connectivity index is 2.33. The van der Waals surface area contributed by atoms with Crippen LogP contribution in [0.5, 0.6) is 0 Å². The lowest BCUT2D eigenvalue weighted by atomic mass is 9.53. The van der Waals surface area contributed by atoms with Crippen molar-refractivity contribution in [3.05, 3.63) is 35.6 Å². The van der Waals surface area contributed by atoms with E-state index in [1.807, 2.05) is 12.1 Å². The highest BCUT2D eigenvalue weighted by Gasteiger charge is 2.52. The van der Waals surface area contributed by atoms with Crippen molar-refractivity contribution in [3.63, 3.8) is 0 Å². The fourth-order valence-electron chi connectivity index (χ4n) is 3.17. The Bertz CT molecular complexity index is 371. The first-order chi connectivity index (χ1) is 7.65. The third kappa shape index (κ3) is 1.47. The fourth-order valence-corrected chi connectivity index (χ4v) is 3.17. The minimum atomic E-state index is -0.271. The molecule has 0 aliphatic heterocycles. The topological polar surface area (TPSA) is 20.2 Å². The van der Waals surface area contributed by atoms with Crippen LogP contribution in [0.25, 0.3) is 0 Å². The molecule has 0 heterocycles. The number of aliphatic hydroxyl groups is 1. The molecule has 1 nitrogen and oxygen atoms in total. The molecule has 2 unspecified atom stereocenters. The molecule has 2 heteroatoms. The van der Waals surface area contributed by atoms with Gasteiger partial charge in [0.2, 0.25) is 0 Å². The Kier molecular flexibility index (Phi) is 3.02. The molecular formula is C14H19FO. The van der Waals surface area contributed by atoms with Crippen molar-refractivity contribution < 1.29 is 9.50 Å². The quantitative estimate of drug-likeness (QED) is 0.830. The van der Waals surface area contributed by atoms with Crippen molar-refractivity contribution >= 4 is 0 Å². The van der Waals surface area contributed by atoms with E-state index in [4.69, 9.17) is 0 Å². The third-order valence-electron chi connectivity index (χ3n) is 4.41. The second-order valence-electron chi connectivity index (χ2n) is 4.77. The lowest BCUT2D eigenvalue weighted by Gasteiger charge is -2.53. The summed E-state index contributed by atoms with van der Waals surface area (Å²) < 4.78 is 13.7. The predicted octanol–water partition coefficient (Wildman–Crippen LogP) is 3.48. The van der Waals surface area contributed by atoms with Gasteiger partial charge in [0.05, 0.1) is 6.10 Å². The van der Waals surface area contributed by atoms with E-state index >= 15 is 0 Å². The Hall–Kier alpha value is -0.890. The van der Waals surface area contributed by atoms with Crippen LogP contribution in [-0.4, -0.2) is 11.2 Å². The molecule has 16 heavy (non-hydrogen) atoms. The number of halogens is 1. The van der Waals surface area contributed by atoms with Gasteiger partial charge < -0.3 is 5.11 Å². The summed E-state index contributed by atoms with van der Waals surface area (Å²) in [6.45, 7) is 4.17. The van der Waals surface area contributed by atoms with Gasteiger partial charge in [-0.15, -0.1) is 0 Å². The van der Waals surface area contributed by atoms with Crippen LogP contribution >= 0.6 is 0 Å². The maximum absolute atomic E-state index is 13.7. The average molecular weight is 222 g/mol. The molecular weight excluding hydrogens is 203 g/mol. The summed E-state index contributed by atoms with van der Waals surface area (Å²) in [6.07, 6.45) is 2.24. The Labute approximate surface area is 96.3 Å². The van der Waals surface area contributed by atoms with Gasteiger partial charge in [-0.3, -0.25) is 0 Å². The largest absolute Gasteiger partial charge is 0.393 e. The van der Waals surface area contributed by atoms with Crippen molar-refractivity contribution in [2.24, 2.45) is 5.41 Å². The van der Waals surface area contributed by atoms with Crippen LogP contribution in [0.15, 0.2) is 24.3 Å². The molecule has 2 atom stereocenters. The van der Waals surface area contributed by atoms with Crippen molar-refractivity contribution in [1.29, 1.82) is 0 Å². The normalized spacial score (nSPS) is 27.5. The zero-order valence-electron chi connectivity index (χ0n) is 9.91. The molecule has 0 radical (unpaired) electrons. The molecule has 1 aliphatic rings. The molecule has 2 rings (SSSR count). The Morgan fingerprint density at radius 2 is 1.94 bits per heavy atom. The highest BCUT2D eigenvalue weighted by atomic mass is 19.1. The van der Waals surface area contributed by atoms with Gasteiger partial charge in [-0.25, -0.2) is 4.39 Å². The molecule has 88 valence electrons. The van der Waals surface area contributed by atoms with Gasteiger partial charge >= 0.3 is 0 Å². The van der Waals surface area contributed by atoms with E-state index in [0.717, 1.165) is 18.4 Å². The van der Waals surface area contributed by atoms with E-state index in [-0.39, 0.29) is 23.3 Å². The Morgan fingerprint density at radius 3 is 2.44 bits per heavy atom. The van der Waals surface area contributed by atoms with Gasteiger partial charge in [0.15, 0.2) is 0 Å². The van der Waals surface area contributed by atoms with Gasteiger partial charge in [-0.2, -0.15) is 0 Å². The van der Waals surface area contributed by atoms with E-state index < -0.39 is 0 Å². The summed E-state index contributed by atoms with van der Waals surface area (Å²) in [6, 6.07) is 6.95. The molecule has 1 N–H and O–H groups in total. The van der Waals surface area contributed by atoms with Gasteiger partial charge in [-0.05, 0) is 36.8 Å². The summed E-state index contributed by atoms with van der Waals surface area (Å²) in [5, 5.41) is 9.96. The molecule has 0 bridgehead atoms. The van der Waals surface area contributed by atoms with Crippen molar-refractivity contribution in [1.82, 2.24) is 0 Å². The highest BCUT2D eigenvalue weighted by molar-refractivity contribution is 5.28. The monoisotopic (exact) mass is 222 g/mol. The second-order valence-corrected chi connectivity index (χ2v) is 4.77. The molecule has 1 aromatic rings. The summed E-state index contributed by atoms with van der Waals surface area (Å²) in [5.74, 6) is 0.0457. The van der Waals surface area contributed by atoms with Crippen LogP contribution in [0, 0.1) is 11.2 Å². The Morgan fingerprint density at radius 1 is 1.31 bits per heavy atom. The molecule has 0 amide bonds. The van der Waals surface area contributed by atoms with Gasteiger partial charge in [0.25, 0.3) is 0 Å². The minimum Gasteiger partial charge on any atom is -0.393 e. The molecule has 0 spiro atoms. The van der Waals surface area contributed by atoms with Gasteiger partial charge in [0, 0.05) is 5.41 Å². The summed E-state index contributed by atoms with van der Waals surface area (Å²) in [5.41, 5.74) is 0.666. The lowest BCUT2D eigenvalue weighted by molar-refractivity contribution is -0.0941. The van der Waals surface area contributed by atoms with Crippen LogP contribution in [0.1, 0.15) is 44.6 Å². The third-order valence-corrected chi connectivity index (χ3v) is 4.41. The first kappa shape index (κ1) is 11.6. The number of hydrogen-bond acceptors (Lipinski definition) is 1. The van der Waals surface area contributed by atoms with Crippen molar-refractivity contribution in [2.75, 3.05) is 0 Å². The van der Waals surface area contributed by atoms with E-state index in [9.17, 15) is 9.50 Å². The van der Waals surface area contributed by atoms with Crippen LogP contribution in [0.2, 0.25) is 0 Å². The summed E-state index contributed by atoms with van der Waals surface area (Å²) >= 11 is 0. The molecule has 1 aliphatic carbocycles. The molecule has 1 fully saturated rings. The zero-order valence-corrected chi connectivity index (χ0v) is 9.91. The first-order valence-electron chi connectivity index (χ1n) is 6.08. The van der Waals surface area contributed by atoms with Crippen molar-refractivity contribution in [2.45, 2.75) is 45.1 Å². The molecule has 0 saturated heterocycles. The first-order valence-corrected chi connectivity index (χ1v) is 6.08. The van der Waals surface area contributed by atoms with Gasteiger partial charge in [0.1, 0.15) is 5.82 Å². The van der Waals surface area contributed by atoms with Crippen LogP contribution in [0.4, 0.5) is 4.39 Å². The number of aliphatic hydroxyl groups excluding tert-OH is 1. The van der Waals surface area contributed by atoms with Gasteiger partial charge in [-0.1, -0.05) is 32.0 Å². The summed E-state index contributed by atoms with van der Waals surface area (Å²) in [4.78, 5) is 0. The smallest absolute Gasteiger partial charge is 0.126 e. The van der Waals surface area contributed by atoms with Crippen LogP contribution in [-0.2, 0) is 0 Å². The van der Waals surface area contributed by atoms with E-state index in [0.29, 0.717) is 6.42 Å². The number of rotatable bonds is 3. The number of benzene rings is 1. The summed E-state index contributed by atoms with van der Waals surface area (Å²) in [7, 11) is 0. The maximum Gasteiger partial charge on any atom is 0.126 e. The van der Waals surface area contributed by atoms with E-state index in [1.54, 1.807) is 6.07 Å².